The summed E-state index contributed by atoms with van der Waals surface area (Å²) >= 11 is 0. The molecule has 1 unspecified atom stereocenters. The number of methoxy groups -OCH3 is 3. The van der Waals surface area contributed by atoms with Gasteiger partial charge in [-0.05, 0) is 42.0 Å². The number of amidine groups is 1. The van der Waals surface area contributed by atoms with Gasteiger partial charge in [0.05, 0.1) is 26.9 Å². The summed E-state index contributed by atoms with van der Waals surface area (Å²) in [7, 11) is 4.17. The molecule has 1 aromatic heterocycles. The second kappa shape index (κ2) is 12.6. The SMILES string of the molecule is COc1cc(C(Nc2ccc(C(=N)N)c(OC(=O)C(F)(F)F)c2)C(=O)NNc2ccccn2)cc(OC)c1OC. The van der Waals surface area contributed by atoms with Crippen LogP contribution in [0.25, 0.3) is 0 Å². The average molecular weight is 563 g/mol. The van der Waals surface area contributed by atoms with E-state index in [-0.39, 0.29) is 28.5 Å². The number of benzene rings is 2. The van der Waals surface area contributed by atoms with Crippen LogP contribution in [0.3, 0.4) is 0 Å². The van der Waals surface area contributed by atoms with E-state index in [2.05, 4.69) is 25.9 Å². The first-order valence-corrected chi connectivity index (χ1v) is 11.3. The molecule has 0 aliphatic rings. The lowest BCUT2D eigenvalue weighted by Crippen LogP contribution is -2.37. The molecule has 0 aliphatic carbocycles. The summed E-state index contributed by atoms with van der Waals surface area (Å²) in [6.07, 6.45) is -3.79. The summed E-state index contributed by atoms with van der Waals surface area (Å²) in [5, 5.41) is 10.5. The third kappa shape index (κ3) is 7.00. The summed E-state index contributed by atoms with van der Waals surface area (Å²) in [5.41, 5.74) is 10.7. The molecule has 3 rings (SSSR count). The molecular formula is C25H25F3N6O6. The Labute approximate surface area is 226 Å². The molecule has 0 bridgehead atoms. The number of carbonyl (C=O) groups is 2. The monoisotopic (exact) mass is 562 g/mol. The number of nitrogens with one attached hydrogen (secondary N) is 4. The van der Waals surface area contributed by atoms with Crippen LogP contribution in [0.1, 0.15) is 17.2 Å². The van der Waals surface area contributed by atoms with Crippen molar-refractivity contribution < 1.29 is 41.7 Å². The molecule has 2 aromatic carbocycles. The molecule has 6 N–H and O–H groups in total. The first kappa shape index (κ1) is 29.3. The molecule has 0 spiro atoms. The Morgan fingerprint density at radius 1 is 0.975 bits per heavy atom. The quantitative estimate of drug-likeness (QED) is 0.0769. The first-order valence-electron chi connectivity index (χ1n) is 11.3. The van der Waals surface area contributed by atoms with Crippen LogP contribution in [0, 0.1) is 5.41 Å². The highest BCUT2D eigenvalue weighted by atomic mass is 19.4. The zero-order chi connectivity index (χ0) is 29.4. The Kier molecular flexibility index (Phi) is 9.21. The van der Waals surface area contributed by atoms with E-state index >= 15 is 0 Å². The van der Waals surface area contributed by atoms with Gasteiger partial charge in [0.25, 0.3) is 5.91 Å². The number of nitrogens with zero attached hydrogens (tertiary/aromatic N) is 1. The standard InChI is InChI=1S/C25H25F3N6O6/c1-37-17-10-13(11-18(38-2)21(17)39-3)20(23(35)34-33-19-6-4-5-9-31-19)32-14-7-8-15(22(29)30)16(12-14)40-24(36)25(26,27)28/h4-12,20,32H,1-3H3,(H3,29,30)(H,31,33)(H,34,35). The van der Waals surface area contributed by atoms with E-state index in [9.17, 15) is 22.8 Å². The number of nitrogens with two attached hydrogens (primary N) is 1. The fraction of sp³-hybridized carbons (Fsp3) is 0.200. The molecule has 212 valence electrons. The number of hydrogen-bond donors (Lipinski definition) is 5. The number of amides is 1. The molecule has 0 fully saturated rings. The number of hydrazine groups is 1. The van der Waals surface area contributed by atoms with Crippen molar-refractivity contribution in [3.63, 3.8) is 0 Å². The van der Waals surface area contributed by atoms with E-state index in [4.69, 9.17) is 25.4 Å². The second-order valence-corrected chi connectivity index (χ2v) is 7.88. The minimum Gasteiger partial charge on any atom is -0.493 e. The Balaban J connectivity index is 2.04. The summed E-state index contributed by atoms with van der Waals surface area (Å²) in [6.45, 7) is 0. The predicted octanol–water partition coefficient (Wildman–Crippen LogP) is 3.16. The minimum absolute atomic E-state index is 0.0433. The van der Waals surface area contributed by atoms with Crippen LogP contribution in [-0.4, -0.2) is 50.2 Å². The molecule has 0 saturated heterocycles. The number of anilines is 2. The van der Waals surface area contributed by atoms with Crippen LogP contribution >= 0.6 is 0 Å². The summed E-state index contributed by atoms with van der Waals surface area (Å²) in [4.78, 5) is 28.9. The maximum absolute atomic E-state index is 13.4. The highest BCUT2D eigenvalue weighted by molar-refractivity contribution is 5.99. The van der Waals surface area contributed by atoms with Gasteiger partial charge in [-0.1, -0.05) is 6.07 Å². The fourth-order valence-electron chi connectivity index (χ4n) is 3.45. The summed E-state index contributed by atoms with van der Waals surface area (Å²) in [5.74, 6) is -3.43. The molecule has 1 amide bonds. The molecule has 1 heterocycles. The smallest absolute Gasteiger partial charge is 0.491 e. The van der Waals surface area contributed by atoms with Gasteiger partial charge in [0.15, 0.2) is 11.5 Å². The van der Waals surface area contributed by atoms with E-state index in [1.54, 1.807) is 18.2 Å². The van der Waals surface area contributed by atoms with Crippen LogP contribution in [0.2, 0.25) is 0 Å². The van der Waals surface area contributed by atoms with Gasteiger partial charge in [0, 0.05) is 18.0 Å². The van der Waals surface area contributed by atoms with Crippen molar-refractivity contribution in [1.29, 1.82) is 5.41 Å². The van der Waals surface area contributed by atoms with Crippen LogP contribution in [0.15, 0.2) is 54.7 Å². The van der Waals surface area contributed by atoms with Gasteiger partial charge < -0.3 is 30.0 Å². The first-order chi connectivity index (χ1) is 19.0. The number of nitrogen functional groups attached to an aromatic ring is 1. The Morgan fingerprint density at radius 3 is 2.17 bits per heavy atom. The van der Waals surface area contributed by atoms with Gasteiger partial charge >= 0.3 is 12.1 Å². The van der Waals surface area contributed by atoms with Crippen LogP contribution in [0.5, 0.6) is 23.0 Å². The van der Waals surface area contributed by atoms with Gasteiger partial charge in [-0.15, -0.1) is 0 Å². The third-order valence-electron chi connectivity index (χ3n) is 5.28. The molecule has 0 aliphatic heterocycles. The molecular weight excluding hydrogens is 537 g/mol. The molecule has 0 saturated carbocycles. The zero-order valence-corrected chi connectivity index (χ0v) is 21.4. The lowest BCUT2D eigenvalue weighted by molar-refractivity contribution is -0.189. The molecule has 1 atom stereocenters. The van der Waals surface area contributed by atoms with Gasteiger partial charge in [0.1, 0.15) is 23.4 Å². The highest BCUT2D eigenvalue weighted by Crippen LogP contribution is 2.40. The van der Waals surface area contributed by atoms with Crippen LogP contribution in [0.4, 0.5) is 24.7 Å². The van der Waals surface area contributed by atoms with Crippen molar-refractivity contribution in [3.05, 3.63) is 65.9 Å². The van der Waals surface area contributed by atoms with E-state index in [0.717, 1.165) is 6.07 Å². The Morgan fingerprint density at radius 2 is 1.65 bits per heavy atom. The topological polar surface area (TPSA) is 170 Å². The molecule has 12 nitrogen and oxygen atoms in total. The van der Waals surface area contributed by atoms with Crippen molar-refractivity contribution >= 4 is 29.2 Å². The van der Waals surface area contributed by atoms with Crippen LogP contribution < -0.4 is 40.8 Å². The van der Waals surface area contributed by atoms with Crippen LogP contribution in [-0.2, 0) is 9.59 Å². The lowest BCUT2D eigenvalue weighted by Gasteiger charge is -2.23. The predicted molar refractivity (Wildman–Crippen MR) is 138 cm³/mol. The molecule has 40 heavy (non-hydrogen) atoms. The number of carbonyl (C=O) groups excluding carboxylic acids is 2. The number of aromatic nitrogens is 1. The van der Waals surface area contributed by atoms with Gasteiger partial charge in [-0.3, -0.25) is 21.1 Å². The summed E-state index contributed by atoms with van der Waals surface area (Å²) < 4.78 is 59.1. The van der Waals surface area contributed by atoms with E-state index in [1.165, 1.54) is 51.8 Å². The number of alkyl halides is 3. The molecule has 15 heteroatoms. The number of esters is 1. The number of ether oxygens (including phenoxy) is 4. The van der Waals surface area contributed by atoms with Gasteiger partial charge in [0.2, 0.25) is 5.75 Å². The maximum atomic E-state index is 13.4. The van der Waals surface area contributed by atoms with E-state index in [1.807, 2.05) is 0 Å². The average Bonchev–Trinajstić information content (AvgIpc) is 2.93. The number of pyridine rings is 1. The largest absolute Gasteiger partial charge is 0.493 e. The van der Waals surface area contributed by atoms with Crippen molar-refractivity contribution in [3.8, 4) is 23.0 Å². The Bertz CT molecular complexity index is 1360. The maximum Gasteiger partial charge on any atom is 0.491 e. The summed E-state index contributed by atoms with van der Waals surface area (Å²) in [6, 6.07) is 10.2. The van der Waals surface area contributed by atoms with E-state index < -0.39 is 35.7 Å². The highest BCUT2D eigenvalue weighted by Gasteiger charge is 2.42. The number of hydrogen-bond acceptors (Lipinski definition) is 10. The lowest BCUT2D eigenvalue weighted by atomic mass is 10.0. The van der Waals surface area contributed by atoms with Crippen molar-refractivity contribution in [2.45, 2.75) is 12.2 Å². The number of halogens is 3. The normalized spacial score (nSPS) is 11.6. The Hall–Kier alpha value is -5.21. The molecule has 0 radical (unpaired) electrons. The minimum atomic E-state index is -5.30. The number of rotatable bonds is 11. The van der Waals surface area contributed by atoms with Crippen molar-refractivity contribution in [1.82, 2.24) is 10.4 Å². The van der Waals surface area contributed by atoms with Crippen molar-refractivity contribution in [2.75, 3.05) is 32.1 Å². The zero-order valence-electron chi connectivity index (χ0n) is 21.4. The third-order valence-corrected chi connectivity index (χ3v) is 5.28. The molecule has 3 aromatic rings. The van der Waals surface area contributed by atoms with Gasteiger partial charge in [-0.2, -0.15) is 13.2 Å². The second-order valence-electron chi connectivity index (χ2n) is 7.88. The van der Waals surface area contributed by atoms with E-state index in [0.29, 0.717) is 11.4 Å². The van der Waals surface area contributed by atoms with Crippen molar-refractivity contribution in [2.24, 2.45) is 5.73 Å². The fourth-order valence-corrected chi connectivity index (χ4v) is 3.45. The van der Waals surface area contributed by atoms with Gasteiger partial charge in [-0.25, -0.2) is 9.78 Å².